The van der Waals surface area contributed by atoms with E-state index < -0.39 is 57.9 Å². The Morgan fingerprint density at radius 2 is 1.63 bits per heavy atom. The van der Waals surface area contributed by atoms with Crippen molar-refractivity contribution >= 4 is 57.8 Å². The summed E-state index contributed by atoms with van der Waals surface area (Å²) in [5.74, 6) is -1.85. The van der Waals surface area contributed by atoms with Crippen molar-refractivity contribution in [1.29, 1.82) is 0 Å². The minimum atomic E-state index is -1.07. The molecule has 15 heteroatoms. The second-order valence-corrected chi connectivity index (χ2v) is 12.6. The molecule has 0 radical (unpaired) electrons. The van der Waals surface area contributed by atoms with E-state index in [-0.39, 0.29) is 17.4 Å². The summed E-state index contributed by atoms with van der Waals surface area (Å²) in [5, 5.41) is 6.78. The number of anilines is 1. The van der Waals surface area contributed by atoms with Crippen molar-refractivity contribution in [1.82, 2.24) is 15.2 Å². The summed E-state index contributed by atoms with van der Waals surface area (Å²) < 4.78 is 26.1. The quantitative estimate of drug-likeness (QED) is 0.0954. The lowest BCUT2D eigenvalue weighted by molar-refractivity contribution is -0.154. The zero-order chi connectivity index (χ0) is 34.3. The second-order valence-electron chi connectivity index (χ2n) is 10.5. The van der Waals surface area contributed by atoms with Crippen molar-refractivity contribution in [3.05, 3.63) is 130 Å². The van der Waals surface area contributed by atoms with E-state index >= 15 is 4.39 Å². The average molecular weight is 702 g/mol. The van der Waals surface area contributed by atoms with Gasteiger partial charge in [-0.2, -0.15) is 4.39 Å². The number of esters is 1. The maximum atomic E-state index is 15.0. The van der Waals surface area contributed by atoms with Crippen LogP contribution in [0.1, 0.15) is 28.5 Å². The first kappa shape index (κ1) is 33.4. The summed E-state index contributed by atoms with van der Waals surface area (Å²) in [6, 6.07) is 26.4. The van der Waals surface area contributed by atoms with Gasteiger partial charge in [0, 0.05) is 5.75 Å². The molecule has 1 aromatic heterocycles. The van der Waals surface area contributed by atoms with Gasteiger partial charge in [-0.1, -0.05) is 107 Å². The Labute approximate surface area is 287 Å². The van der Waals surface area contributed by atoms with E-state index in [0.717, 1.165) is 23.8 Å². The van der Waals surface area contributed by atoms with Crippen molar-refractivity contribution in [2.75, 3.05) is 18.2 Å². The van der Waals surface area contributed by atoms with E-state index in [1.165, 1.54) is 16.7 Å². The van der Waals surface area contributed by atoms with Crippen molar-refractivity contribution in [3.63, 3.8) is 0 Å². The molecule has 0 aliphatic carbocycles. The van der Waals surface area contributed by atoms with Crippen LogP contribution in [0, 0.1) is 5.13 Å². The molecule has 250 valence electrons. The topological polar surface area (TPSA) is 149 Å². The lowest BCUT2D eigenvalue weighted by atomic mass is 10.0. The summed E-state index contributed by atoms with van der Waals surface area (Å²) in [6.45, 7) is -0.0208. The molecule has 2 N–H and O–H groups in total. The van der Waals surface area contributed by atoms with Crippen molar-refractivity contribution in [2.45, 2.75) is 24.1 Å². The number of oxime groups is 1. The molecular formula is C34H28FN5O7S2. The first-order valence-electron chi connectivity index (χ1n) is 14.9. The molecular weight excluding hydrogens is 674 g/mol. The molecule has 49 heavy (non-hydrogen) atoms. The SMILES string of the molecule is CON=C(C(=O)N[C@@H]1C(=O)N2C(C(=O)OC(c3ccccc3)c3ccccc3)=CCS[C@@H]12)c1nc(NC(=O)OCc2ccccc2)sc1F. The van der Waals surface area contributed by atoms with Gasteiger partial charge in [0.2, 0.25) is 5.13 Å². The van der Waals surface area contributed by atoms with Crippen molar-refractivity contribution < 1.29 is 37.9 Å². The third kappa shape index (κ3) is 7.47. The van der Waals surface area contributed by atoms with Crippen LogP contribution >= 0.6 is 23.1 Å². The number of ether oxygens (including phenoxy) is 2. The smallest absolute Gasteiger partial charge is 0.413 e. The normalized spacial score (nSPS) is 17.0. The van der Waals surface area contributed by atoms with Gasteiger partial charge in [0.15, 0.2) is 16.9 Å². The van der Waals surface area contributed by atoms with Crippen LogP contribution in [0.2, 0.25) is 0 Å². The van der Waals surface area contributed by atoms with Gasteiger partial charge in [0.05, 0.1) is 0 Å². The maximum absolute atomic E-state index is 15.0. The molecule has 3 heterocycles. The zero-order valence-corrected chi connectivity index (χ0v) is 27.4. The van der Waals surface area contributed by atoms with E-state index in [4.69, 9.17) is 14.3 Å². The van der Waals surface area contributed by atoms with Gasteiger partial charge in [0.25, 0.3) is 11.8 Å². The molecule has 0 saturated carbocycles. The molecule has 12 nitrogen and oxygen atoms in total. The molecule has 4 aromatic rings. The van der Waals surface area contributed by atoms with E-state index in [1.807, 2.05) is 66.7 Å². The predicted octanol–water partition coefficient (Wildman–Crippen LogP) is 5.00. The highest BCUT2D eigenvalue weighted by molar-refractivity contribution is 8.00. The van der Waals surface area contributed by atoms with Crippen LogP contribution in [-0.2, 0) is 35.3 Å². The van der Waals surface area contributed by atoms with E-state index in [9.17, 15) is 19.2 Å². The van der Waals surface area contributed by atoms with Crippen LogP contribution in [0.3, 0.4) is 0 Å². The monoisotopic (exact) mass is 701 g/mol. The lowest BCUT2D eigenvalue weighted by Gasteiger charge is -2.48. The zero-order valence-electron chi connectivity index (χ0n) is 25.8. The van der Waals surface area contributed by atoms with Gasteiger partial charge < -0.3 is 19.6 Å². The number of fused-ring (bicyclic) bond motifs is 1. The minimum absolute atomic E-state index is 0.0208. The second kappa shape index (κ2) is 15.1. The summed E-state index contributed by atoms with van der Waals surface area (Å²) in [7, 11) is 1.16. The van der Waals surface area contributed by atoms with Crippen LogP contribution < -0.4 is 10.6 Å². The van der Waals surface area contributed by atoms with E-state index in [2.05, 4.69) is 20.8 Å². The third-order valence-corrected chi connectivity index (χ3v) is 9.34. The molecule has 1 fully saturated rings. The Balaban J connectivity index is 1.11. The molecule has 2 aliphatic heterocycles. The molecule has 3 amide bonds. The number of nitrogens with one attached hydrogen (secondary N) is 2. The van der Waals surface area contributed by atoms with Gasteiger partial charge >= 0.3 is 12.1 Å². The fourth-order valence-electron chi connectivity index (χ4n) is 5.12. The fraction of sp³-hybridized carbons (Fsp3) is 0.176. The number of β-lactam (4-membered cyclic amide) rings is 1. The number of benzene rings is 3. The molecule has 0 unspecified atom stereocenters. The lowest BCUT2D eigenvalue weighted by Crippen LogP contribution is -2.70. The molecule has 6 rings (SSSR count). The highest BCUT2D eigenvalue weighted by Crippen LogP contribution is 2.39. The highest BCUT2D eigenvalue weighted by Gasteiger charge is 2.53. The van der Waals surface area contributed by atoms with Crippen molar-refractivity contribution in [2.24, 2.45) is 5.16 Å². The number of thiazole rings is 1. The van der Waals surface area contributed by atoms with Gasteiger partial charge in [-0.15, -0.1) is 11.8 Å². The molecule has 0 bridgehead atoms. The van der Waals surface area contributed by atoms with Gasteiger partial charge in [-0.05, 0) is 22.8 Å². The Morgan fingerprint density at radius 1 is 1.00 bits per heavy atom. The number of hydrogen-bond donors (Lipinski definition) is 2. The van der Waals surface area contributed by atoms with Crippen LogP contribution in [0.4, 0.5) is 14.3 Å². The first-order chi connectivity index (χ1) is 23.8. The largest absolute Gasteiger partial charge is 0.448 e. The molecule has 1 saturated heterocycles. The standard InChI is InChI=1S/C34H28FN5O7S2/c1-45-39-25(24-28(35)49-33(37-24)38-34(44)46-19-20-11-5-2-6-12-20)29(41)36-26-30(42)40-23(17-18-48-31(26)40)32(43)47-27(21-13-7-3-8-14-21)22-15-9-4-10-16-22/h2-17,26-27,31H,18-19H2,1H3,(H,36,41)(H,37,38,44)/t26-,31+/m1/s1. The Bertz CT molecular complexity index is 1870. The van der Waals surface area contributed by atoms with E-state index in [1.54, 1.807) is 30.3 Å². The summed E-state index contributed by atoms with van der Waals surface area (Å²) in [4.78, 5) is 62.6. The number of carbonyl (C=O) groups is 4. The van der Waals surface area contributed by atoms with E-state index in [0.29, 0.717) is 17.1 Å². The number of halogens is 1. The number of carbonyl (C=O) groups excluding carboxylic acids is 4. The van der Waals surface area contributed by atoms with Gasteiger partial charge in [0.1, 0.15) is 36.5 Å². The number of aromatic nitrogens is 1. The summed E-state index contributed by atoms with van der Waals surface area (Å²) in [5.41, 5.74) is 1.26. The molecule has 2 atom stereocenters. The van der Waals surface area contributed by atoms with Crippen molar-refractivity contribution in [3.8, 4) is 0 Å². The summed E-state index contributed by atoms with van der Waals surface area (Å²) >= 11 is 1.78. The summed E-state index contributed by atoms with van der Waals surface area (Å²) in [6.07, 6.45) is 0.00474. The molecule has 0 spiro atoms. The number of rotatable bonds is 11. The Morgan fingerprint density at radius 3 is 2.27 bits per heavy atom. The highest BCUT2D eigenvalue weighted by atomic mass is 32.2. The number of thioether (sulfide) groups is 1. The fourth-order valence-corrected chi connectivity index (χ4v) is 7.00. The van der Waals surface area contributed by atoms with Gasteiger partial charge in [-0.3, -0.25) is 19.8 Å². The van der Waals surface area contributed by atoms with Crippen LogP contribution in [0.25, 0.3) is 0 Å². The number of hydrogen-bond acceptors (Lipinski definition) is 11. The third-order valence-electron chi connectivity index (χ3n) is 7.40. The van der Waals surface area contributed by atoms with Crippen LogP contribution in [0.15, 0.2) is 108 Å². The first-order valence-corrected chi connectivity index (χ1v) is 16.7. The molecule has 3 aromatic carbocycles. The number of amides is 3. The minimum Gasteiger partial charge on any atom is -0.448 e. The van der Waals surface area contributed by atoms with Crippen LogP contribution in [0.5, 0.6) is 0 Å². The Hall–Kier alpha value is -5.54. The maximum Gasteiger partial charge on any atom is 0.413 e. The average Bonchev–Trinajstić information content (AvgIpc) is 3.49. The van der Waals surface area contributed by atoms with Crippen LogP contribution in [-0.4, -0.2) is 63.8 Å². The molecule has 2 aliphatic rings. The number of nitrogens with zero attached hydrogens (tertiary/aromatic N) is 3. The van der Waals surface area contributed by atoms with Gasteiger partial charge in [-0.25, -0.2) is 14.6 Å². The predicted molar refractivity (Wildman–Crippen MR) is 180 cm³/mol. The Kier molecular flexibility index (Phi) is 10.3.